The largest absolute Gasteiger partial charge is 0.325 e. The van der Waals surface area contributed by atoms with Gasteiger partial charge in [0.05, 0.1) is 5.69 Å². The quantitative estimate of drug-likeness (QED) is 0.596. The van der Waals surface area contributed by atoms with E-state index in [9.17, 15) is 4.79 Å². The number of amides is 1. The number of carbonyl (C=O) groups is 1. The Hall–Kier alpha value is -1.26. The molecular formula is C17H24N2OS. The molecular weight excluding hydrogens is 280 g/mol. The number of rotatable bonds is 7. The first kappa shape index (κ1) is 16.1. The highest BCUT2D eigenvalue weighted by molar-refractivity contribution is 7.99. The number of para-hydroxylation sites is 1. The molecule has 1 aromatic rings. The second-order valence-electron chi connectivity index (χ2n) is 5.38. The van der Waals surface area contributed by atoms with Crippen molar-refractivity contribution in [1.29, 1.82) is 0 Å². The molecule has 1 amide bonds. The van der Waals surface area contributed by atoms with Crippen molar-refractivity contribution in [1.82, 2.24) is 5.32 Å². The van der Waals surface area contributed by atoms with E-state index in [0.717, 1.165) is 35.8 Å². The summed E-state index contributed by atoms with van der Waals surface area (Å²) in [7, 11) is 0. The van der Waals surface area contributed by atoms with Gasteiger partial charge >= 0.3 is 0 Å². The van der Waals surface area contributed by atoms with Gasteiger partial charge in [0.25, 0.3) is 0 Å². The Balaban J connectivity index is 1.82. The molecule has 0 bridgehead atoms. The molecule has 1 aromatic carbocycles. The number of hydrogen-bond donors (Lipinski definition) is 2. The monoisotopic (exact) mass is 304 g/mol. The Morgan fingerprint density at radius 3 is 2.90 bits per heavy atom. The molecule has 1 heterocycles. The topological polar surface area (TPSA) is 41.1 Å². The first-order valence-corrected chi connectivity index (χ1v) is 8.61. The van der Waals surface area contributed by atoms with E-state index in [4.69, 9.17) is 0 Å². The van der Waals surface area contributed by atoms with E-state index >= 15 is 0 Å². The summed E-state index contributed by atoms with van der Waals surface area (Å²) in [5.74, 6) is 1.67. The van der Waals surface area contributed by atoms with Crippen molar-refractivity contribution >= 4 is 23.4 Å². The smallest absolute Gasteiger partial charge is 0.224 e. The lowest BCUT2D eigenvalue weighted by molar-refractivity contribution is -0.116. The van der Waals surface area contributed by atoms with E-state index < -0.39 is 0 Å². The number of carbonyl (C=O) groups excluding carboxylic acids is 1. The maximum absolute atomic E-state index is 12.1. The zero-order valence-corrected chi connectivity index (χ0v) is 13.3. The number of thioether (sulfide) groups is 1. The molecule has 0 radical (unpaired) electrons. The van der Waals surface area contributed by atoms with Crippen LogP contribution in [0.15, 0.2) is 41.8 Å². The fraction of sp³-hybridized carbons (Fsp3) is 0.471. The van der Waals surface area contributed by atoms with Crippen LogP contribution in [0.1, 0.15) is 25.7 Å². The Labute approximate surface area is 131 Å². The Morgan fingerprint density at radius 2 is 2.14 bits per heavy atom. The van der Waals surface area contributed by atoms with Crippen LogP contribution in [0.25, 0.3) is 0 Å². The van der Waals surface area contributed by atoms with E-state index in [1.165, 1.54) is 12.8 Å². The molecule has 114 valence electrons. The van der Waals surface area contributed by atoms with Gasteiger partial charge in [-0.15, -0.1) is 18.3 Å². The van der Waals surface area contributed by atoms with E-state index in [2.05, 4.69) is 17.2 Å². The molecule has 0 spiro atoms. The van der Waals surface area contributed by atoms with Crippen molar-refractivity contribution < 1.29 is 4.79 Å². The van der Waals surface area contributed by atoms with Gasteiger partial charge in [-0.3, -0.25) is 4.79 Å². The van der Waals surface area contributed by atoms with Crippen LogP contribution in [-0.4, -0.2) is 24.7 Å². The zero-order valence-electron chi connectivity index (χ0n) is 12.4. The minimum absolute atomic E-state index is 0.125. The summed E-state index contributed by atoms with van der Waals surface area (Å²) in [6.07, 6.45) is 5.87. The molecule has 21 heavy (non-hydrogen) atoms. The van der Waals surface area contributed by atoms with Gasteiger partial charge < -0.3 is 10.6 Å². The molecule has 0 unspecified atom stereocenters. The van der Waals surface area contributed by atoms with Gasteiger partial charge in [-0.25, -0.2) is 0 Å². The minimum atomic E-state index is 0.125. The summed E-state index contributed by atoms with van der Waals surface area (Å²) < 4.78 is 0. The summed E-state index contributed by atoms with van der Waals surface area (Å²) in [5, 5.41) is 6.41. The maximum Gasteiger partial charge on any atom is 0.224 e. The van der Waals surface area contributed by atoms with Crippen LogP contribution < -0.4 is 10.6 Å². The molecule has 2 N–H and O–H groups in total. The van der Waals surface area contributed by atoms with Crippen LogP contribution >= 0.6 is 11.8 Å². The number of hydrogen-bond acceptors (Lipinski definition) is 3. The zero-order chi connectivity index (χ0) is 14.9. The van der Waals surface area contributed by atoms with E-state index in [1.54, 1.807) is 11.8 Å². The number of piperidine rings is 1. The molecule has 0 aromatic heterocycles. The maximum atomic E-state index is 12.1. The van der Waals surface area contributed by atoms with E-state index in [0.29, 0.717) is 12.3 Å². The average molecular weight is 304 g/mol. The number of anilines is 1. The Morgan fingerprint density at radius 1 is 1.38 bits per heavy atom. The fourth-order valence-corrected chi connectivity index (χ4v) is 3.31. The van der Waals surface area contributed by atoms with Gasteiger partial charge in [0.1, 0.15) is 0 Å². The summed E-state index contributed by atoms with van der Waals surface area (Å²) in [6, 6.07) is 7.96. The van der Waals surface area contributed by atoms with Crippen LogP contribution in [-0.2, 0) is 4.79 Å². The molecule has 4 heteroatoms. The van der Waals surface area contributed by atoms with Crippen LogP contribution in [0.5, 0.6) is 0 Å². The standard InChI is InChI=1S/C17H24N2OS/c1-2-13-21-16-6-4-3-5-15(16)19-17(20)8-7-14-9-11-18-12-10-14/h2-6,14,18H,1,7-13H2,(H,19,20). The third-order valence-corrected chi connectivity index (χ3v) is 4.83. The van der Waals surface area contributed by atoms with Crippen molar-refractivity contribution in [2.75, 3.05) is 24.2 Å². The first-order chi connectivity index (χ1) is 10.3. The molecule has 3 nitrogen and oxygen atoms in total. The fourth-order valence-electron chi connectivity index (χ4n) is 2.56. The predicted molar refractivity (Wildman–Crippen MR) is 90.8 cm³/mol. The second kappa shape index (κ2) is 8.90. The molecule has 1 fully saturated rings. The lowest BCUT2D eigenvalue weighted by Crippen LogP contribution is -2.28. The Kier molecular flexibility index (Phi) is 6.83. The van der Waals surface area contributed by atoms with Gasteiger partial charge in [0, 0.05) is 17.1 Å². The molecule has 1 aliphatic rings. The van der Waals surface area contributed by atoms with Crippen molar-refractivity contribution in [3.63, 3.8) is 0 Å². The normalized spacial score (nSPS) is 15.6. The van der Waals surface area contributed by atoms with Gasteiger partial charge in [0.2, 0.25) is 5.91 Å². The summed E-state index contributed by atoms with van der Waals surface area (Å²) in [4.78, 5) is 13.2. The highest BCUT2D eigenvalue weighted by atomic mass is 32.2. The molecule has 2 rings (SSSR count). The molecule has 0 saturated carbocycles. The van der Waals surface area contributed by atoms with Crippen molar-refractivity contribution in [2.24, 2.45) is 5.92 Å². The van der Waals surface area contributed by atoms with Crippen molar-refractivity contribution in [2.45, 2.75) is 30.6 Å². The number of nitrogens with one attached hydrogen (secondary N) is 2. The summed E-state index contributed by atoms with van der Waals surface area (Å²) in [6.45, 7) is 5.92. The Bertz CT molecular complexity index is 470. The highest BCUT2D eigenvalue weighted by Gasteiger charge is 2.15. The van der Waals surface area contributed by atoms with Crippen LogP contribution in [0.3, 0.4) is 0 Å². The second-order valence-corrected chi connectivity index (χ2v) is 6.44. The lowest BCUT2D eigenvalue weighted by Gasteiger charge is -2.22. The van der Waals surface area contributed by atoms with E-state index in [-0.39, 0.29) is 5.91 Å². The van der Waals surface area contributed by atoms with Crippen LogP contribution in [0, 0.1) is 5.92 Å². The predicted octanol–water partition coefficient (Wildman–Crippen LogP) is 3.68. The van der Waals surface area contributed by atoms with E-state index in [1.807, 2.05) is 30.3 Å². The third-order valence-electron chi connectivity index (χ3n) is 3.76. The summed E-state index contributed by atoms with van der Waals surface area (Å²) >= 11 is 1.69. The summed E-state index contributed by atoms with van der Waals surface area (Å²) in [5.41, 5.74) is 0.916. The third kappa shape index (κ3) is 5.56. The minimum Gasteiger partial charge on any atom is -0.325 e. The molecule has 0 atom stereocenters. The highest BCUT2D eigenvalue weighted by Crippen LogP contribution is 2.27. The molecule has 1 aliphatic heterocycles. The first-order valence-electron chi connectivity index (χ1n) is 7.63. The van der Waals surface area contributed by atoms with Crippen LogP contribution in [0.4, 0.5) is 5.69 Å². The van der Waals surface area contributed by atoms with Crippen molar-refractivity contribution in [3.05, 3.63) is 36.9 Å². The SMILES string of the molecule is C=CCSc1ccccc1NC(=O)CCC1CCNCC1. The van der Waals surface area contributed by atoms with Crippen molar-refractivity contribution in [3.8, 4) is 0 Å². The van der Waals surface area contributed by atoms with Gasteiger partial charge in [-0.1, -0.05) is 18.2 Å². The molecule has 0 aliphatic carbocycles. The lowest BCUT2D eigenvalue weighted by atomic mass is 9.93. The number of benzene rings is 1. The van der Waals surface area contributed by atoms with Crippen LogP contribution in [0.2, 0.25) is 0 Å². The average Bonchev–Trinajstić information content (AvgIpc) is 2.53. The van der Waals surface area contributed by atoms with Gasteiger partial charge in [-0.2, -0.15) is 0 Å². The molecule has 1 saturated heterocycles. The van der Waals surface area contributed by atoms with Gasteiger partial charge in [0.15, 0.2) is 0 Å². The van der Waals surface area contributed by atoms with Gasteiger partial charge in [-0.05, 0) is 50.4 Å².